The summed E-state index contributed by atoms with van der Waals surface area (Å²) in [7, 11) is 1.73. The van der Waals surface area contributed by atoms with Crippen LogP contribution in [0.5, 0.6) is 0 Å². The summed E-state index contributed by atoms with van der Waals surface area (Å²) in [5, 5.41) is 5.69. The maximum Gasteiger partial charge on any atom is 0.241 e. The number of aliphatic imine (C=N–C) groups is 1. The van der Waals surface area contributed by atoms with Gasteiger partial charge < -0.3 is 10.6 Å². The van der Waals surface area contributed by atoms with Crippen molar-refractivity contribution in [3.8, 4) is 0 Å². The molecule has 1 unspecified atom stereocenters. The molecule has 0 aliphatic rings. The summed E-state index contributed by atoms with van der Waals surface area (Å²) in [6.07, 6.45) is 9.88. The Labute approximate surface area is 205 Å². The van der Waals surface area contributed by atoms with E-state index in [9.17, 15) is 9.18 Å². The predicted molar refractivity (Wildman–Crippen MR) is 147 cm³/mol. The molecule has 2 N–H and O–H groups in total. The van der Waals surface area contributed by atoms with Gasteiger partial charge in [-0.05, 0) is 50.9 Å². The van der Waals surface area contributed by atoms with Gasteiger partial charge >= 0.3 is 0 Å². The van der Waals surface area contributed by atoms with E-state index in [1.54, 1.807) is 31.5 Å². The summed E-state index contributed by atoms with van der Waals surface area (Å²) in [6, 6.07) is 13.9. The molecule has 0 saturated heterocycles. The second-order valence-corrected chi connectivity index (χ2v) is 7.26. The number of benzene rings is 2. The Kier molecular flexibility index (Phi) is 17.3. The third-order valence-corrected chi connectivity index (χ3v) is 4.47. The molecule has 2 aromatic rings. The van der Waals surface area contributed by atoms with E-state index in [1.807, 2.05) is 63.4 Å². The number of para-hydroxylation sites is 1. The molecule has 0 heterocycles. The molecule has 0 aliphatic heterocycles. The van der Waals surface area contributed by atoms with Crippen LogP contribution >= 0.6 is 0 Å². The van der Waals surface area contributed by atoms with E-state index in [2.05, 4.69) is 35.7 Å². The second-order valence-electron chi connectivity index (χ2n) is 7.26. The highest BCUT2D eigenvalue weighted by Crippen LogP contribution is 2.30. The number of anilines is 1. The third-order valence-electron chi connectivity index (χ3n) is 4.47. The van der Waals surface area contributed by atoms with Crippen molar-refractivity contribution in [3.05, 3.63) is 97.0 Å². The van der Waals surface area contributed by atoms with Crippen LogP contribution in [0.15, 0.2) is 85.0 Å². The first-order valence-corrected chi connectivity index (χ1v) is 11.6. The summed E-state index contributed by atoms with van der Waals surface area (Å²) in [5.74, 6) is -0.712. The van der Waals surface area contributed by atoms with Gasteiger partial charge in [-0.1, -0.05) is 81.5 Å². The highest BCUT2D eigenvalue weighted by atomic mass is 19.1. The number of rotatable bonds is 9. The van der Waals surface area contributed by atoms with Crippen LogP contribution in [-0.2, 0) is 4.79 Å². The largest absolute Gasteiger partial charge is 0.322 e. The van der Waals surface area contributed by atoms with Gasteiger partial charge in [0.15, 0.2) is 0 Å². The Bertz CT molecular complexity index is 920. The normalized spacial score (nSPS) is 11.1. The van der Waals surface area contributed by atoms with Crippen LogP contribution in [0.2, 0.25) is 0 Å². The van der Waals surface area contributed by atoms with Gasteiger partial charge in [0.05, 0.1) is 11.7 Å². The number of likely N-dealkylation sites (N-methyl/N-ethyl adjacent to an activating group) is 1. The van der Waals surface area contributed by atoms with Crippen LogP contribution in [0.4, 0.5) is 10.1 Å². The Morgan fingerprint density at radius 3 is 2.29 bits per heavy atom. The molecule has 0 fully saturated rings. The second kappa shape index (κ2) is 19.2. The van der Waals surface area contributed by atoms with Crippen molar-refractivity contribution in [3.63, 3.8) is 0 Å². The Morgan fingerprint density at radius 2 is 1.76 bits per heavy atom. The number of nitrogens with one attached hydrogen (secondary N) is 2. The Morgan fingerprint density at radius 1 is 1.12 bits per heavy atom. The quantitative estimate of drug-likeness (QED) is 0.299. The third kappa shape index (κ3) is 11.5. The van der Waals surface area contributed by atoms with E-state index in [-0.39, 0.29) is 17.6 Å². The van der Waals surface area contributed by atoms with E-state index >= 15 is 0 Å². The molecule has 1 atom stereocenters. The first kappa shape index (κ1) is 30.7. The summed E-state index contributed by atoms with van der Waals surface area (Å²) >= 11 is 0. The van der Waals surface area contributed by atoms with Crippen molar-refractivity contribution < 1.29 is 9.18 Å². The molecular weight excluding hydrogens is 425 g/mol. The average Bonchev–Trinajstić information content (AvgIpc) is 2.85. The van der Waals surface area contributed by atoms with Crippen molar-refractivity contribution in [1.29, 1.82) is 0 Å². The minimum Gasteiger partial charge on any atom is -0.322 e. The lowest BCUT2D eigenvalue weighted by Crippen LogP contribution is -2.38. The van der Waals surface area contributed by atoms with Gasteiger partial charge in [-0.25, -0.2) is 4.39 Å². The molecule has 2 aromatic carbocycles. The zero-order valence-corrected chi connectivity index (χ0v) is 21.3. The molecule has 0 bridgehead atoms. The monoisotopic (exact) mass is 465 g/mol. The molecule has 5 heteroatoms. The summed E-state index contributed by atoms with van der Waals surface area (Å²) in [6.45, 7) is 15.3. The van der Waals surface area contributed by atoms with E-state index < -0.39 is 5.82 Å². The highest BCUT2D eigenvalue weighted by molar-refractivity contribution is 5.98. The van der Waals surface area contributed by atoms with Crippen LogP contribution in [0.25, 0.3) is 5.57 Å². The number of nitrogens with zero attached hydrogens (tertiary/aromatic N) is 1. The molecule has 2 rings (SSSR count). The fourth-order valence-electron chi connectivity index (χ4n) is 2.86. The summed E-state index contributed by atoms with van der Waals surface area (Å²) in [5.41, 5.74) is 2.31. The molecule has 0 aromatic heterocycles. The van der Waals surface area contributed by atoms with Gasteiger partial charge in [-0.3, -0.25) is 9.79 Å². The fraction of sp³-hybridized carbons (Fsp3) is 0.310. The summed E-state index contributed by atoms with van der Waals surface area (Å²) in [4.78, 5) is 16.3. The number of amides is 1. The minimum atomic E-state index is -0.468. The molecule has 4 nitrogen and oxygen atoms in total. The van der Waals surface area contributed by atoms with Crippen LogP contribution < -0.4 is 10.6 Å². The zero-order valence-electron chi connectivity index (χ0n) is 21.3. The molecule has 0 radical (unpaired) electrons. The molecule has 1 amide bonds. The van der Waals surface area contributed by atoms with Crippen molar-refractivity contribution in [2.75, 3.05) is 12.4 Å². The number of allylic oxidation sites excluding steroid dienone is 2. The topological polar surface area (TPSA) is 53.5 Å². The van der Waals surface area contributed by atoms with Crippen molar-refractivity contribution in [1.82, 2.24) is 5.32 Å². The average molecular weight is 466 g/mol. The van der Waals surface area contributed by atoms with Gasteiger partial charge in [0.25, 0.3) is 0 Å². The maximum atomic E-state index is 14.4. The molecular formula is C29H40FN3O. The van der Waals surface area contributed by atoms with E-state index in [4.69, 9.17) is 0 Å². The smallest absolute Gasteiger partial charge is 0.241 e. The van der Waals surface area contributed by atoms with Gasteiger partial charge in [-0.15, -0.1) is 6.58 Å². The van der Waals surface area contributed by atoms with Crippen LogP contribution in [-0.4, -0.2) is 25.2 Å². The fourth-order valence-corrected chi connectivity index (χ4v) is 2.86. The number of carbonyl (C=O) groups is 1. The standard InChI is InChI=1S/C20H23FN2O.C6H11N.C3H6/c1-4-9-18(22-3)20(24)23-19-16(12-8-13-17(19)21)14(2)15-10-6-5-7-11-15;1-3-5-7-6-4-2;1-3-2/h5-8,10-13,18,22H,2,4,9H2,1,3H3,(H,23,24);3,5-6H,4H2,1-2H3;3H,1H2,2H3/b;5-3-,7-6?;. The van der Waals surface area contributed by atoms with Crippen molar-refractivity contribution in [2.24, 2.45) is 4.99 Å². The van der Waals surface area contributed by atoms with Gasteiger partial charge in [0, 0.05) is 18.0 Å². The number of halogens is 1. The first-order valence-electron chi connectivity index (χ1n) is 11.6. The number of hydrogen-bond acceptors (Lipinski definition) is 3. The SMILES string of the molecule is C/C=C\N=CCC.C=C(c1ccccc1)c1cccc(F)c1NC(=O)C(CCC)NC.C=CC. The Hall–Kier alpha value is -3.31. The lowest BCUT2D eigenvalue weighted by molar-refractivity contribution is -0.118. The van der Waals surface area contributed by atoms with Gasteiger partial charge in [0.2, 0.25) is 5.91 Å². The maximum absolute atomic E-state index is 14.4. The Balaban J connectivity index is 0.000000920. The highest BCUT2D eigenvalue weighted by Gasteiger charge is 2.20. The summed E-state index contributed by atoms with van der Waals surface area (Å²) < 4.78 is 14.4. The van der Waals surface area contributed by atoms with Crippen LogP contribution in [0, 0.1) is 5.82 Å². The van der Waals surface area contributed by atoms with E-state index in [0.29, 0.717) is 17.6 Å². The number of hydrogen-bond donors (Lipinski definition) is 2. The van der Waals surface area contributed by atoms with Crippen molar-refractivity contribution >= 4 is 23.4 Å². The number of carbonyl (C=O) groups excluding carboxylic acids is 1. The van der Waals surface area contributed by atoms with Crippen LogP contribution in [0.1, 0.15) is 58.1 Å². The molecule has 34 heavy (non-hydrogen) atoms. The van der Waals surface area contributed by atoms with Gasteiger partial charge in [-0.2, -0.15) is 0 Å². The molecule has 0 saturated carbocycles. The van der Waals surface area contributed by atoms with E-state index in [0.717, 1.165) is 18.4 Å². The first-order chi connectivity index (χ1) is 16.4. The van der Waals surface area contributed by atoms with E-state index in [1.165, 1.54) is 6.07 Å². The predicted octanol–water partition coefficient (Wildman–Crippen LogP) is 7.41. The van der Waals surface area contributed by atoms with Crippen LogP contribution in [0.3, 0.4) is 0 Å². The lowest BCUT2D eigenvalue weighted by Gasteiger charge is -2.18. The van der Waals surface area contributed by atoms with Gasteiger partial charge in [0.1, 0.15) is 5.82 Å². The minimum absolute atomic E-state index is 0.174. The van der Waals surface area contributed by atoms with Crippen molar-refractivity contribution in [2.45, 2.75) is 53.0 Å². The zero-order chi connectivity index (χ0) is 25.8. The molecule has 0 aliphatic carbocycles. The molecule has 184 valence electrons. The molecule has 0 spiro atoms. The lowest BCUT2D eigenvalue weighted by atomic mass is 9.97.